The van der Waals surface area contributed by atoms with Crippen LogP contribution in [0.3, 0.4) is 0 Å². The number of ether oxygens (including phenoxy) is 2. The minimum Gasteiger partial charge on any atom is -0.380 e. The highest BCUT2D eigenvalue weighted by Gasteiger charge is 2.21. The number of hydrogen-bond donors (Lipinski definition) is 1. The maximum absolute atomic E-state index is 6.04. The van der Waals surface area contributed by atoms with Gasteiger partial charge in [0.2, 0.25) is 0 Å². The molecule has 0 aliphatic heterocycles. The van der Waals surface area contributed by atoms with Crippen LogP contribution < -0.4 is 5.73 Å². The number of rotatable bonds is 11. The zero-order valence-electron chi connectivity index (χ0n) is 13.2. The molecule has 0 aromatic carbocycles. The molecule has 0 aliphatic rings. The van der Waals surface area contributed by atoms with Gasteiger partial charge in [0.25, 0.3) is 0 Å². The predicted molar refractivity (Wildman–Crippen MR) is 93.1 cm³/mol. The van der Waals surface area contributed by atoms with Crippen LogP contribution in [-0.2, 0) is 9.47 Å². The third-order valence-corrected chi connectivity index (χ3v) is 5.56. The van der Waals surface area contributed by atoms with E-state index in [-0.39, 0.29) is 6.04 Å². The van der Waals surface area contributed by atoms with Gasteiger partial charge in [-0.15, -0.1) is 11.3 Å². The second kappa shape index (κ2) is 10.7. The third-order valence-electron chi connectivity index (χ3n) is 3.32. The molecule has 0 saturated carbocycles. The Morgan fingerprint density at radius 2 is 1.81 bits per heavy atom. The van der Waals surface area contributed by atoms with Gasteiger partial charge >= 0.3 is 0 Å². The number of thiophene rings is 1. The van der Waals surface area contributed by atoms with Crippen molar-refractivity contribution >= 4 is 27.3 Å². The molecule has 4 nitrogen and oxygen atoms in total. The topological polar surface area (TPSA) is 47.7 Å². The van der Waals surface area contributed by atoms with Crippen LogP contribution in [0.2, 0.25) is 0 Å². The monoisotopic (exact) mass is 378 g/mol. The fraction of sp³-hybridized carbons (Fsp3) is 0.733. The Morgan fingerprint density at radius 1 is 1.24 bits per heavy atom. The summed E-state index contributed by atoms with van der Waals surface area (Å²) in [6.45, 7) is 11.5. The van der Waals surface area contributed by atoms with Crippen molar-refractivity contribution in [1.82, 2.24) is 4.90 Å². The molecule has 0 fully saturated rings. The number of aryl methyl sites for hydroxylation is 1. The van der Waals surface area contributed by atoms with Gasteiger partial charge in [-0.1, -0.05) is 0 Å². The molecule has 0 spiro atoms. The zero-order valence-corrected chi connectivity index (χ0v) is 15.6. The van der Waals surface area contributed by atoms with Crippen LogP contribution in [-0.4, -0.2) is 51.0 Å². The molecule has 1 heterocycles. The van der Waals surface area contributed by atoms with Crippen LogP contribution >= 0.6 is 27.3 Å². The van der Waals surface area contributed by atoms with Crippen molar-refractivity contribution in [1.29, 1.82) is 0 Å². The molecule has 21 heavy (non-hydrogen) atoms. The van der Waals surface area contributed by atoms with Gasteiger partial charge in [0, 0.05) is 47.1 Å². The summed E-state index contributed by atoms with van der Waals surface area (Å²) >= 11 is 5.40. The summed E-state index contributed by atoms with van der Waals surface area (Å²) in [5.41, 5.74) is 6.04. The second-order valence-corrected chi connectivity index (χ2v) is 6.88. The standard InChI is InChI=1S/C15H27BrN2O2S/c1-4-19-8-6-18(7-9-20-5-2)14(11-17)15-10-13(16)12(3)21-15/h10,14H,4-9,11,17H2,1-3H3. The van der Waals surface area contributed by atoms with Crippen molar-refractivity contribution in [3.8, 4) is 0 Å². The summed E-state index contributed by atoms with van der Waals surface area (Å²) in [7, 11) is 0. The molecule has 1 aromatic rings. The fourth-order valence-corrected chi connectivity index (χ4v) is 3.88. The zero-order chi connectivity index (χ0) is 15.7. The molecule has 0 radical (unpaired) electrons. The summed E-state index contributed by atoms with van der Waals surface area (Å²) in [4.78, 5) is 4.95. The highest BCUT2D eigenvalue weighted by Crippen LogP contribution is 2.32. The van der Waals surface area contributed by atoms with Gasteiger partial charge in [-0.2, -0.15) is 0 Å². The lowest BCUT2D eigenvalue weighted by Crippen LogP contribution is -2.38. The van der Waals surface area contributed by atoms with Gasteiger partial charge in [-0.25, -0.2) is 0 Å². The number of halogens is 1. The van der Waals surface area contributed by atoms with Crippen LogP contribution in [0, 0.1) is 6.92 Å². The van der Waals surface area contributed by atoms with Crippen molar-refractivity contribution in [2.75, 3.05) is 46.1 Å². The highest BCUT2D eigenvalue weighted by atomic mass is 79.9. The molecular weight excluding hydrogens is 352 g/mol. The Labute approximate surface area is 140 Å². The van der Waals surface area contributed by atoms with Gasteiger partial charge in [0.15, 0.2) is 0 Å². The minimum atomic E-state index is 0.223. The highest BCUT2D eigenvalue weighted by molar-refractivity contribution is 9.10. The van der Waals surface area contributed by atoms with E-state index in [4.69, 9.17) is 15.2 Å². The Hall–Kier alpha value is 0.0200. The number of hydrogen-bond acceptors (Lipinski definition) is 5. The summed E-state index contributed by atoms with van der Waals surface area (Å²) in [6, 6.07) is 2.41. The van der Waals surface area contributed by atoms with E-state index in [2.05, 4.69) is 33.8 Å². The normalized spacial score (nSPS) is 13.0. The molecule has 1 unspecified atom stereocenters. The maximum Gasteiger partial charge on any atom is 0.0593 e. The Kier molecular flexibility index (Phi) is 9.71. The van der Waals surface area contributed by atoms with Crippen LogP contribution in [0.4, 0.5) is 0 Å². The average Bonchev–Trinajstić information content (AvgIpc) is 2.79. The first kappa shape index (κ1) is 19.1. The van der Waals surface area contributed by atoms with Crippen molar-refractivity contribution in [2.24, 2.45) is 5.73 Å². The minimum absolute atomic E-state index is 0.223. The smallest absolute Gasteiger partial charge is 0.0593 e. The summed E-state index contributed by atoms with van der Waals surface area (Å²) < 4.78 is 12.2. The van der Waals surface area contributed by atoms with Crippen molar-refractivity contribution in [3.63, 3.8) is 0 Å². The first-order valence-electron chi connectivity index (χ1n) is 7.49. The molecule has 0 bridgehead atoms. The SMILES string of the molecule is CCOCCN(CCOCC)C(CN)c1cc(Br)c(C)s1. The molecule has 122 valence electrons. The van der Waals surface area contributed by atoms with Crippen molar-refractivity contribution in [3.05, 3.63) is 20.3 Å². The predicted octanol–water partition coefficient (Wildman–Crippen LogP) is 3.19. The van der Waals surface area contributed by atoms with Crippen molar-refractivity contribution in [2.45, 2.75) is 26.8 Å². The van der Waals surface area contributed by atoms with E-state index in [0.717, 1.165) is 44.0 Å². The quantitative estimate of drug-likeness (QED) is 0.600. The van der Waals surface area contributed by atoms with Gasteiger partial charge in [0.05, 0.1) is 19.3 Å². The van der Waals surface area contributed by atoms with E-state index in [9.17, 15) is 0 Å². The largest absolute Gasteiger partial charge is 0.380 e. The Morgan fingerprint density at radius 3 is 2.19 bits per heavy atom. The van der Waals surface area contributed by atoms with Crippen LogP contribution in [0.15, 0.2) is 10.5 Å². The molecule has 6 heteroatoms. The Balaban J connectivity index is 2.74. The van der Waals surface area contributed by atoms with E-state index < -0.39 is 0 Å². The lowest BCUT2D eigenvalue weighted by Gasteiger charge is -2.30. The Bertz CT molecular complexity index is 372. The maximum atomic E-state index is 6.04. The van der Waals surface area contributed by atoms with Crippen LogP contribution in [0.5, 0.6) is 0 Å². The van der Waals surface area contributed by atoms with Crippen molar-refractivity contribution < 1.29 is 9.47 Å². The third kappa shape index (κ3) is 6.34. The van der Waals surface area contributed by atoms with E-state index in [1.165, 1.54) is 9.75 Å². The summed E-state index contributed by atoms with van der Waals surface area (Å²) in [5, 5.41) is 0. The van der Waals surface area contributed by atoms with Gasteiger partial charge in [0.1, 0.15) is 0 Å². The van der Waals surface area contributed by atoms with E-state index in [1.807, 2.05) is 13.8 Å². The first-order chi connectivity index (χ1) is 10.1. The molecule has 1 aromatic heterocycles. The summed E-state index contributed by atoms with van der Waals surface area (Å²) in [6.07, 6.45) is 0. The fourth-order valence-electron chi connectivity index (χ4n) is 2.17. The first-order valence-corrected chi connectivity index (χ1v) is 9.10. The van der Waals surface area contributed by atoms with E-state index in [0.29, 0.717) is 6.54 Å². The number of nitrogens with zero attached hydrogens (tertiary/aromatic N) is 1. The molecule has 0 saturated heterocycles. The average molecular weight is 379 g/mol. The molecule has 0 amide bonds. The molecular formula is C15H27BrN2O2S. The number of nitrogens with two attached hydrogens (primary N) is 1. The molecule has 1 rings (SSSR count). The van der Waals surface area contributed by atoms with Crippen LogP contribution in [0.1, 0.15) is 29.6 Å². The second-order valence-electron chi connectivity index (χ2n) is 4.73. The lowest BCUT2D eigenvalue weighted by atomic mass is 10.2. The van der Waals surface area contributed by atoms with Gasteiger partial charge in [-0.05, 0) is 42.8 Å². The molecule has 2 N–H and O–H groups in total. The van der Waals surface area contributed by atoms with Crippen LogP contribution in [0.25, 0.3) is 0 Å². The summed E-state index contributed by atoms with van der Waals surface area (Å²) in [5.74, 6) is 0. The molecule has 0 aliphatic carbocycles. The van der Waals surface area contributed by atoms with Gasteiger partial charge in [-0.3, -0.25) is 4.90 Å². The van der Waals surface area contributed by atoms with E-state index in [1.54, 1.807) is 11.3 Å². The van der Waals surface area contributed by atoms with E-state index >= 15 is 0 Å². The lowest BCUT2D eigenvalue weighted by molar-refractivity contribution is 0.0647. The van der Waals surface area contributed by atoms with Gasteiger partial charge < -0.3 is 15.2 Å². The molecule has 1 atom stereocenters.